The molecule has 1 aliphatic heterocycles. The van der Waals surface area contributed by atoms with E-state index in [2.05, 4.69) is 5.32 Å². The van der Waals surface area contributed by atoms with Crippen molar-refractivity contribution in [2.75, 3.05) is 12.4 Å². The van der Waals surface area contributed by atoms with Crippen LogP contribution in [0, 0.1) is 0 Å². The van der Waals surface area contributed by atoms with Crippen molar-refractivity contribution < 1.29 is 14.6 Å². The largest absolute Gasteiger partial charge is 0.508 e. The third-order valence-electron chi connectivity index (χ3n) is 3.59. The van der Waals surface area contributed by atoms with Gasteiger partial charge in [-0.2, -0.15) is 0 Å². The number of hydrogen-bond donors (Lipinski definition) is 2. The number of hydrogen-bond acceptors (Lipinski definition) is 3. The van der Waals surface area contributed by atoms with Crippen molar-refractivity contribution >= 4 is 11.6 Å². The minimum Gasteiger partial charge on any atom is -0.508 e. The quantitative estimate of drug-likeness (QED) is 0.881. The van der Waals surface area contributed by atoms with Crippen molar-refractivity contribution in [3.63, 3.8) is 0 Å². The Hall–Kier alpha value is -2.49. The molecular weight excluding hydrogens is 254 g/mol. The van der Waals surface area contributed by atoms with Crippen molar-refractivity contribution in [2.45, 2.75) is 12.3 Å². The molecule has 3 rings (SSSR count). The van der Waals surface area contributed by atoms with Crippen molar-refractivity contribution in [2.24, 2.45) is 0 Å². The molecule has 0 radical (unpaired) electrons. The number of aromatic hydroxyl groups is 1. The van der Waals surface area contributed by atoms with E-state index in [0.717, 1.165) is 16.9 Å². The number of ether oxygens (including phenoxy) is 1. The molecule has 0 saturated carbocycles. The molecule has 2 N–H and O–H groups in total. The van der Waals surface area contributed by atoms with E-state index < -0.39 is 0 Å². The van der Waals surface area contributed by atoms with Crippen LogP contribution in [-0.2, 0) is 4.79 Å². The van der Waals surface area contributed by atoms with Crippen molar-refractivity contribution in [1.82, 2.24) is 0 Å². The Morgan fingerprint density at radius 3 is 2.65 bits per heavy atom. The number of phenolic OH excluding ortho intramolecular Hbond substituents is 1. The summed E-state index contributed by atoms with van der Waals surface area (Å²) in [6.45, 7) is 0. The van der Waals surface area contributed by atoms with Crippen LogP contribution in [0.2, 0.25) is 0 Å². The van der Waals surface area contributed by atoms with Gasteiger partial charge >= 0.3 is 0 Å². The van der Waals surface area contributed by atoms with Crippen LogP contribution in [0.4, 0.5) is 5.69 Å². The molecule has 2 aromatic rings. The first-order valence-corrected chi connectivity index (χ1v) is 6.44. The number of carbonyl (C=O) groups is 1. The van der Waals surface area contributed by atoms with Gasteiger partial charge in [0.15, 0.2) is 0 Å². The molecule has 4 heteroatoms. The van der Waals surface area contributed by atoms with Gasteiger partial charge in [-0.15, -0.1) is 0 Å². The Morgan fingerprint density at radius 2 is 1.95 bits per heavy atom. The van der Waals surface area contributed by atoms with Gasteiger partial charge in [0.25, 0.3) is 0 Å². The van der Waals surface area contributed by atoms with Crippen LogP contribution in [0.25, 0.3) is 0 Å². The van der Waals surface area contributed by atoms with Gasteiger partial charge in [-0.25, -0.2) is 0 Å². The average Bonchev–Trinajstić information content (AvgIpc) is 2.46. The third kappa shape index (κ3) is 2.20. The van der Waals surface area contributed by atoms with E-state index in [9.17, 15) is 9.90 Å². The van der Waals surface area contributed by atoms with Crippen LogP contribution in [-0.4, -0.2) is 18.1 Å². The number of carbonyl (C=O) groups excluding carboxylic acids is 1. The van der Waals surface area contributed by atoms with Crippen LogP contribution >= 0.6 is 0 Å². The zero-order valence-electron chi connectivity index (χ0n) is 11.1. The second-order valence-corrected chi connectivity index (χ2v) is 4.85. The lowest BCUT2D eigenvalue weighted by molar-refractivity contribution is -0.116. The fourth-order valence-corrected chi connectivity index (χ4v) is 2.59. The number of amides is 1. The number of anilines is 1. The van der Waals surface area contributed by atoms with Crippen LogP contribution in [0.15, 0.2) is 42.5 Å². The van der Waals surface area contributed by atoms with E-state index in [1.165, 1.54) is 0 Å². The zero-order chi connectivity index (χ0) is 14.1. The van der Waals surface area contributed by atoms with E-state index in [1.807, 2.05) is 30.3 Å². The number of benzene rings is 2. The van der Waals surface area contributed by atoms with Gasteiger partial charge in [0.1, 0.15) is 11.5 Å². The predicted octanol–water partition coefficient (Wildman–Crippen LogP) is 2.87. The normalized spacial score (nSPS) is 17.2. The summed E-state index contributed by atoms with van der Waals surface area (Å²) in [5.41, 5.74) is 2.77. The number of rotatable bonds is 2. The first-order valence-electron chi connectivity index (χ1n) is 6.44. The smallest absolute Gasteiger partial charge is 0.225 e. The highest BCUT2D eigenvalue weighted by Crippen LogP contribution is 2.38. The van der Waals surface area contributed by atoms with Gasteiger partial charge in [0.05, 0.1) is 7.11 Å². The Kier molecular flexibility index (Phi) is 3.06. The van der Waals surface area contributed by atoms with Gasteiger partial charge in [-0.3, -0.25) is 4.79 Å². The Morgan fingerprint density at radius 1 is 1.20 bits per heavy atom. The van der Waals surface area contributed by atoms with E-state index in [4.69, 9.17) is 4.74 Å². The maximum atomic E-state index is 11.8. The number of fused-ring (bicyclic) bond motifs is 1. The highest BCUT2D eigenvalue weighted by molar-refractivity contribution is 5.95. The summed E-state index contributed by atoms with van der Waals surface area (Å²) in [6.07, 6.45) is 0.407. The van der Waals surface area contributed by atoms with Gasteiger partial charge in [-0.1, -0.05) is 18.2 Å². The second-order valence-electron chi connectivity index (χ2n) is 4.85. The van der Waals surface area contributed by atoms with Gasteiger partial charge < -0.3 is 15.2 Å². The molecule has 0 fully saturated rings. The topological polar surface area (TPSA) is 58.6 Å². The van der Waals surface area contributed by atoms with Crippen LogP contribution < -0.4 is 10.1 Å². The summed E-state index contributed by atoms with van der Waals surface area (Å²) < 4.78 is 5.15. The highest BCUT2D eigenvalue weighted by Gasteiger charge is 2.26. The van der Waals surface area contributed by atoms with E-state index in [0.29, 0.717) is 12.1 Å². The van der Waals surface area contributed by atoms with Crippen LogP contribution in [0.1, 0.15) is 23.5 Å². The molecule has 0 aliphatic carbocycles. The maximum absolute atomic E-state index is 11.8. The summed E-state index contributed by atoms with van der Waals surface area (Å²) in [4.78, 5) is 11.8. The lowest BCUT2D eigenvalue weighted by Gasteiger charge is -2.26. The van der Waals surface area contributed by atoms with Crippen molar-refractivity contribution in [3.8, 4) is 11.5 Å². The van der Waals surface area contributed by atoms with Gasteiger partial charge in [-0.05, 0) is 29.3 Å². The average molecular weight is 269 g/mol. The first kappa shape index (κ1) is 12.5. The van der Waals surface area contributed by atoms with Crippen LogP contribution in [0.3, 0.4) is 0 Å². The van der Waals surface area contributed by atoms with E-state index >= 15 is 0 Å². The van der Waals surface area contributed by atoms with Crippen molar-refractivity contribution in [1.29, 1.82) is 0 Å². The fourth-order valence-electron chi connectivity index (χ4n) is 2.59. The molecule has 0 saturated heterocycles. The zero-order valence-corrected chi connectivity index (χ0v) is 11.1. The lowest BCUT2D eigenvalue weighted by Crippen LogP contribution is -2.23. The lowest BCUT2D eigenvalue weighted by atomic mass is 9.85. The summed E-state index contributed by atoms with van der Waals surface area (Å²) in [5, 5.41) is 12.3. The number of methoxy groups -OCH3 is 1. The Bertz CT molecular complexity index is 649. The minimum atomic E-state index is -0.0380. The molecule has 1 aliphatic rings. The van der Waals surface area contributed by atoms with Crippen LogP contribution in [0.5, 0.6) is 11.5 Å². The molecule has 0 bridgehead atoms. The maximum Gasteiger partial charge on any atom is 0.225 e. The first-order chi connectivity index (χ1) is 9.67. The third-order valence-corrected chi connectivity index (χ3v) is 3.59. The van der Waals surface area contributed by atoms with E-state index in [-0.39, 0.29) is 17.6 Å². The summed E-state index contributed by atoms with van der Waals surface area (Å²) >= 11 is 0. The molecular formula is C16H15NO3. The molecule has 1 heterocycles. The SMILES string of the molecule is COc1ccc(C2CC(=O)Nc3cc(O)ccc32)cc1. The molecule has 1 atom stereocenters. The molecule has 1 unspecified atom stereocenters. The number of nitrogens with one attached hydrogen (secondary N) is 1. The molecule has 20 heavy (non-hydrogen) atoms. The molecule has 2 aromatic carbocycles. The molecule has 1 amide bonds. The standard InChI is InChI=1S/C16H15NO3/c1-20-12-5-2-10(3-6-12)14-9-16(19)17-15-8-11(18)4-7-13(14)15/h2-8,14,18H,9H2,1H3,(H,17,19). The summed E-state index contributed by atoms with van der Waals surface area (Å²) in [6, 6.07) is 12.8. The molecule has 4 nitrogen and oxygen atoms in total. The Balaban J connectivity index is 2.03. The Labute approximate surface area is 117 Å². The van der Waals surface area contributed by atoms with E-state index in [1.54, 1.807) is 19.2 Å². The summed E-state index contributed by atoms with van der Waals surface area (Å²) in [7, 11) is 1.63. The minimum absolute atomic E-state index is 0.00487. The second kappa shape index (κ2) is 4.89. The molecule has 102 valence electrons. The molecule has 0 aromatic heterocycles. The monoisotopic (exact) mass is 269 g/mol. The van der Waals surface area contributed by atoms with Crippen molar-refractivity contribution in [3.05, 3.63) is 53.6 Å². The summed E-state index contributed by atoms with van der Waals surface area (Å²) in [5.74, 6) is 0.911. The predicted molar refractivity (Wildman–Crippen MR) is 76.2 cm³/mol. The fraction of sp³-hybridized carbons (Fsp3) is 0.188. The number of phenols is 1. The van der Waals surface area contributed by atoms with Gasteiger partial charge in [0.2, 0.25) is 5.91 Å². The highest BCUT2D eigenvalue weighted by atomic mass is 16.5. The van der Waals surface area contributed by atoms with Gasteiger partial charge in [0, 0.05) is 24.1 Å². The molecule has 0 spiro atoms.